The summed E-state index contributed by atoms with van der Waals surface area (Å²) in [5.41, 5.74) is 4.17. The molecule has 2 aliphatic heterocycles. The van der Waals surface area contributed by atoms with Gasteiger partial charge in [-0.05, 0) is 26.8 Å². The first-order valence-electron chi connectivity index (χ1n) is 9.41. The lowest BCUT2D eigenvalue weighted by Crippen LogP contribution is -2.38. The minimum atomic E-state index is -1.05. The van der Waals surface area contributed by atoms with Gasteiger partial charge < -0.3 is 29.8 Å². The summed E-state index contributed by atoms with van der Waals surface area (Å²) >= 11 is 0. The number of carbonyl (C=O) groups excluding carboxylic acids is 1. The van der Waals surface area contributed by atoms with Gasteiger partial charge in [0.15, 0.2) is 17.7 Å². The molecule has 2 fully saturated rings. The van der Waals surface area contributed by atoms with E-state index in [-0.39, 0.29) is 35.6 Å². The summed E-state index contributed by atoms with van der Waals surface area (Å²) in [6, 6.07) is 1.22. The summed E-state index contributed by atoms with van der Waals surface area (Å²) in [7, 11) is 0. The van der Waals surface area contributed by atoms with E-state index in [1.54, 1.807) is 20.8 Å². The molecule has 12 heteroatoms. The van der Waals surface area contributed by atoms with Gasteiger partial charge in [-0.3, -0.25) is 9.78 Å². The average Bonchev–Trinajstić information content (AvgIpc) is 3.14. The topological polar surface area (TPSA) is 168 Å². The largest absolute Gasteiger partial charge is 0.462 e. The van der Waals surface area contributed by atoms with E-state index in [4.69, 9.17) is 24.7 Å². The maximum Gasteiger partial charge on any atom is 0.341 e. The normalized spacial score (nSPS) is 27.3. The van der Waals surface area contributed by atoms with E-state index in [2.05, 4.69) is 9.97 Å². The van der Waals surface area contributed by atoms with Crippen molar-refractivity contribution in [2.75, 3.05) is 18.9 Å². The van der Waals surface area contributed by atoms with E-state index >= 15 is 0 Å². The van der Waals surface area contributed by atoms with E-state index < -0.39 is 47.5 Å². The molecule has 0 bridgehead atoms. The van der Waals surface area contributed by atoms with Crippen LogP contribution in [-0.2, 0) is 18.9 Å². The monoisotopic (exact) mass is 422 g/mol. The number of anilines is 1. The number of hydrogen-bond donors (Lipinski definition) is 3. The van der Waals surface area contributed by atoms with Crippen molar-refractivity contribution in [3.8, 4) is 0 Å². The number of fused-ring (bicyclic) bond motifs is 2. The quantitative estimate of drug-likeness (QED) is 0.533. The van der Waals surface area contributed by atoms with Crippen LogP contribution >= 0.6 is 0 Å². The highest BCUT2D eigenvalue weighted by atomic mass is 16.8. The second kappa shape index (κ2) is 7.16. The van der Waals surface area contributed by atoms with Crippen molar-refractivity contribution in [1.82, 2.24) is 14.5 Å². The molecule has 4 N–H and O–H groups in total. The fraction of sp³-hybridized carbons (Fsp3) is 0.556. The van der Waals surface area contributed by atoms with Crippen LogP contribution in [0, 0.1) is 0 Å². The van der Waals surface area contributed by atoms with Crippen LogP contribution < -0.4 is 17.0 Å². The number of aromatic amines is 1. The fourth-order valence-electron chi connectivity index (χ4n) is 3.81. The van der Waals surface area contributed by atoms with Gasteiger partial charge in [0.25, 0.3) is 5.56 Å². The third kappa shape index (κ3) is 3.17. The summed E-state index contributed by atoms with van der Waals surface area (Å²) < 4.78 is 23.5. The highest BCUT2D eigenvalue weighted by Crippen LogP contribution is 2.43. The van der Waals surface area contributed by atoms with Crippen molar-refractivity contribution >= 4 is 22.8 Å². The van der Waals surface area contributed by atoms with Crippen LogP contribution in [-0.4, -0.2) is 62.9 Å². The Kier molecular flexibility index (Phi) is 4.89. The zero-order valence-electron chi connectivity index (χ0n) is 16.6. The lowest BCUT2D eigenvalue weighted by atomic mass is 10.1. The predicted molar refractivity (Wildman–Crippen MR) is 102 cm³/mol. The molecule has 1 unspecified atom stereocenters. The number of nitrogen functional groups attached to an aromatic ring is 1. The van der Waals surface area contributed by atoms with Gasteiger partial charge >= 0.3 is 11.7 Å². The molecule has 2 saturated heterocycles. The fourth-order valence-corrected chi connectivity index (χ4v) is 3.81. The molecule has 30 heavy (non-hydrogen) atoms. The Hall–Kier alpha value is -2.80. The molecular weight excluding hydrogens is 400 g/mol. The molecule has 4 rings (SSSR count). The van der Waals surface area contributed by atoms with Crippen molar-refractivity contribution in [3.63, 3.8) is 0 Å². The van der Waals surface area contributed by atoms with Gasteiger partial charge in [0.1, 0.15) is 29.7 Å². The van der Waals surface area contributed by atoms with Crippen molar-refractivity contribution in [2.45, 2.75) is 51.1 Å². The minimum absolute atomic E-state index is 0.0578. The molecule has 12 nitrogen and oxygen atoms in total. The SMILES string of the molecule is CCOC(=O)c1cc2c(=O)[nH]c(=O)n(C3O[C@H](CO)[C@H]4OC(C)(C)O[C@@H]34)c2nc1N. The van der Waals surface area contributed by atoms with Crippen molar-refractivity contribution < 1.29 is 28.8 Å². The molecule has 0 aromatic carbocycles. The van der Waals surface area contributed by atoms with Gasteiger partial charge in [-0.25, -0.2) is 19.1 Å². The van der Waals surface area contributed by atoms with Crippen LogP contribution in [0.4, 0.5) is 5.82 Å². The smallest absolute Gasteiger partial charge is 0.341 e. The zero-order chi connectivity index (χ0) is 21.8. The molecular formula is C18H22N4O8. The summed E-state index contributed by atoms with van der Waals surface area (Å²) in [5.74, 6) is -1.92. The first-order valence-corrected chi connectivity index (χ1v) is 9.41. The Bertz CT molecular complexity index is 1120. The van der Waals surface area contributed by atoms with Crippen molar-refractivity contribution in [1.29, 1.82) is 0 Å². The number of nitrogens with zero attached hydrogens (tertiary/aromatic N) is 2. The second-order valence-electron chi connectivity index (χ2n) is 7.45. The summed E-state index contributed by atoms with van der Waals surface area (Å²) in [6.07, 6.45) is -3.20. The first-order chi connectivity index (χ1) is 14.2. The lowest BCUT2D eigenvalue weighted by Gasteiger charge is -2.25. The Morgan fingerprint density at radius 1 is 1.37 bits per heavy atom. The number of aliphatic hydroxyl groups is 1. The molecule has 2 aliphatic rings. The second-order valence-corrected chi connectivity index (χ2v) is 7.45. The standard InChI is InChI=1S/C18H22N4O8/c1-4-27-16(25)7-5-8-13(20-12(7)19)22(17(26)21-14(8)24)15-11-10(9(6-23)28-15)29-18(2,3)30-11/h5,9-11,15,23H,4,6H2,1-3H3,(H2,19,20)(H,21,24,26)/t9-,10-,11-,15?/m1/s1. The number of aliphatic hydroxyl groups excluding tert-OH is 1. The third-order valence-corrected chi connectivity index (χ3v) is 5.00. The number of aromatic nitrogens is 3. The number of ether oxygens (including phenoxy) is 4. The maximum absolute atomic E-state index is 12.7. The Morgan fingerprint density at radius 2 is 2.07 bits per heavy atom. The van der Waals surface area contributed by atoms with Gasteiger partial charge in [0.05, 0.1) is 18.6 Å². The maximum atomic E-state index is 12.7. The van der Waals surface area contributed by atoms with Gasteiger partial charge in [-0.15, -0.1) is 0 Å². The number of H-pyrrole nitrogens is 1. The minimum Gasteiger partial charge on any atom is -0.462 e. The van der Waals surface area contributed by atoms with Crippen LogP contribution in [0.2, 0.25) is 0 Å². The van der Waals surface area contributed by atoms with Crippen molar-refractivity contribution in [3.05, 3.63) is 32.5 Å². The number of pyridine rings is 1. The van der Waals surface area contributed by atoms with E-state index in [0.29, 0.717) is 0 Å². The van der Waals surface area contributed by atoms with Gasteiger partial charge in [0, 0.05) is 0 Å². The molecule has 4 atom stereocenters. The first kappa shape index (κ1) is 20.5. The van der Waals surface area contributed by atoms with Gasteiger partial charge in [-0.2, -0.15) is 0 Å². The lowest BCUT2D eigenvalue weighted by molar-refractivity contribution is -0.200. The van der Waals surface area contributed by atoms with E-state index in [1.807, 2.05) is 0 Å². The Labute approximate surface area is 169 Å². The Morgan fingerprint density at radius 3 is 2.73 bits per heavy atom. The summed E-state index contributed by atoms with van der Waals surface area (Å²) in [4.78, 5) is 43.6. The summed E-state index contributed by atoms with van der Waals surface area (Å²) in [6.45, 7) is 4.78. The molecule has 0 spiro atoms. The number of nitrogens with one attached hydrogen (secondary N) is 1. The molecule has 0 radical (unpaired) electrons. The number of nitrogens with two attached hydrogens (primary N) is 1. The van der Waals surface area contributed by atoms with Crippen LogP contribution in [0.25, 0.3) is 11.0 Å². The molecule has 162 valence electrons. The Balaban J connectivity index is 1.89. The number of rotatable bonds is 4. The van der Waals surface area contributed by atoms with E-state index in [9.17, 15) is 19.5 Å². The van der Waals surface area contributed by atoms with Crippen LogP contribution in [0.5, 0.6) is 0 Å². The number of hydrogen-bond acceptors (Lipinski definition) is 10. The molecule has 2 aromatic heterocycles. The molecule has 0 saturated carbocycles. The summed E-state index contributed by atoms with van der Waals surface area (Å²) in [5, 5.41) is 9.62. The van der Waals surface area contributed by atoms with Crippen LogP contribution in [0.3, 0.4) is 0 Å². The molecule has 0 amide bonds. The average molecular weight is 422 g/mol. The van der Waals surface area contributed by atoms with E-state index in [0.717, 1.165) is 4.57 Å². The van der Waals surface area contributed by atoms with Crippen LogP contribution in [0.1, 0.15) is 37.4 Å². The predicted octanol–water partition coefficient (Wildman–Crippen LogP) is -0.746. The third-order valence-electron chi connectivity index (χ3n) is 5.00. The highest BCUT2D eigenvalue weighted by Gasteiger charge is 2.56. The van der Waals surface area contributed by atoms with E-state index in [1.165, 1.54) is 6.07 Å². The number of esters is 1. The number of carbonyl (C=O) groups is 1. The molecule has 4 heterocycles. The zero-order valence-corrected chi connectivity index (χ0v) is 16.6. The molecule has 2 aromatic rings. The van der Waals surface area contributed by atoms with Gasteiger partial charge in [0.2, 0.25) is 0 Å². The highest BCUT2D eigenvalue weighted by molar-refractivity contribution is 5.97. The van der Waals surface area contributed by atoms with Crippen molar-refractivity contribution in [2.24, 2.45) is 0 Å². The van der Waals surface area contributed by atoms with Crippen LogP contribution in [0.15, 0.2) is 15.7 Å². The van der Waals surface area contributed by atoms with Gasteiger partial charge in [-0.1, -0.05) is 0 Å². The molecule has 0 aliphatic carbocycles.